The normalized spacial score (nSPS) is 12.0. The van der Waals surface area contributed by atoms with E-state index in [9.17, 15) is 5.21 Å². The van der Waals surface area contributed by atoms with Gasteiger partial charge in [-0.15, -0.1) is 0 Å². The quantitative estimate of drug-likeness (QED) is 0.328. The number of hydroxylamine groups is 3. The van der Waals surface area contributed by atoms with Gasteiger partial charge in [0.2, 0.25) is 0 Å². The van der Waals surface area contributed by atoms with Crippen LogP contribution in [0, 0.1) is 5.21 Å². The van der Waals surface area contributed by atoms with Crippen LogP contribution in [0.5, 0.6) is 0 Å². The molecule has 0 fully saturated rings. The Morgan fingerprint density at radius 2 is 2.00 bits per heavy atom. The van der Waals surface area contributed by atoms with Crippen LogP contribution < -0.4 is 0 Å². The van der Waals surface area contributed by atoms with Gasteiger partial charge >= 0.3 is 0 Å². The molecule has 1 N–H and O–H groups in total. The molecule has 0 atom stereocenters. The van der Waals surface area contributed by atoms with E-state index in [0.717, 1.165) is 0 Å². The van der Waals surface area contributed by atoms with Crippen molar-refractivity contribution in [3.8, 4) is 0 Å². The smallest absolute Gasteiger partial charge is 0.102 e. The highest BCUT2D eigenvalue weighted by Gasteiger charge is 1.99. The zero-order chi connectivity index (χ0) is 8.04. The Bertz CT molecular complexity index is 79.6. The molecule has 0 amide bonds. The Balaban J connectivity index is 3.04. The minimum Gasteiger partial charge on any atom is -0.633 e. The lowest BCUT2D eigenvalue weighted by atomic mass is 10.6. The second-order valence-corrected chi connectivity index (χ2v) is 2.63. The zero-order valence-electron chi connectivity index (χ0n) is 6.54. The molecule has 10 heavy (non-hydrogen) atoms. The third-order valence-corrected chi connectivity index (χ3v) is 1.01. The average Bonchev–Trinajstić information content (AvgIpc) is 1.78. The molecule has 0 aromatic carbocycles. The van der Waals surface area contributed by atoms with Gasteiger partial charge < -0.3 is 19.7 Å². The van der Waals surface area contributed by atoms with Crippen LogP contribution in [-0.2, 0) is 4.74 Å². The SMILES string of the molecule is C[N+](C)([O-])CCOCCO. The molecule has 62 valence electrons. The van der Waals surface area contributed by atoms with E-state index in [1.165, 1.54) is 0 Å². The van der Waals surface area contributed by atoms with Crippen molar-refractivity contribution >= 4 is 0 Å². The van der Waals surface area contributed by atoms with Crippen LogP contribution in [-0.4, -0.2) is 50.2 Å². The van der Waals surface area contributed by atoms with Gasteiger partial charge in [0.25, 0.3) is 0 Å². The molecule has 0 saturated carbocycles. The fraction of sp³-hybridized carbons (Fsp3) is 1.00. The molecule has 0 spiro atoms. The molecule has 0 bridgehead atoms. The number of likely N-dealkylation sites (N-methyl/N-ethyl adjacent to an activating group) is 1. The van der Waals surface area contributed by atoms with E-state index in [1.54, 1.807) is 14.1 Å². The van der Waals surface area contributed by atoms with Gasteiger partial charge in [0.1, 0.15) is 6.54 Å². The maximum atomic E-state index is 10.9. The Hall–Kier alpha value is -0.160. The lowest BCUT2D eigenvalue weighted by Gasteiger charge is -2.33. The fourth-order valence-corrected chi connectivity index (χ4v) is 0.451. The number of aliphatic hydroxyl groups is 1. The van der Waals surface area contributed by atoms with Crippen molar-refractivity contribution in [1.29, 1.82) is 0 Å². The third kappa shape index (κ3) is 7.84. The largest absolute Gasteiger partial charge is 0.633 e. The first-order valence-electron chi connectivity index (χ1n) is 3.29. The lowest BCUT2D eigenvalue weighted by molar-refractivity contribution is -0.840. The maximum absolute atomic E-state index is 10.9. The van der Waals surface area contributed by atoms with Gasteiger partial charge in [0.15, 0.2) is 0 Å². The van der Waals surface area contributed by atoms with Crippen LogP contribution >= 0.6 is 0 Å². The maximum Gasteiger partial charge on any atom is 0.102 e. The average molecular weight is 149 g/mol. The van der Waals surface area contributed by atoms with Gasteiger partial charge in [-0.1, -0.05) is 0 Å². The van der Waals surface area contributed by atoms with Crippen LogP contribution in [0.3, 0.4) is 0 Å². The molecule has 0 saturated heterocycles. The number of hydrogen-bond acceptors (Lipinski definition) is 3. The number of aliphatic hydroxyl groups excluding tert-OH is 1. The molecule has 0 rings (SSSR count). The van der Waals surface area contributed by atoms with Crippen LogP contribution in [0.25, 0.3) is 0 Å². The monoisotopic (exact) mass is 149 g/mol. The molecular formula is C6H15NO3. The second kappa shape index (κ2) is 4.62. The lowest BCUT2D eigenvalue weighted by Crippen LogP contribution is -2.35. The van der Waals surface area contributed by atoms with Crippen LogP contribution in [0.1, 0.15) is 0 Å². The van der Waals surface area contributed by atoms with Crippen molar-refractivity contribution in [2.75, 3.05) is 40.5 Å². The topological polar surface area (TPSA) is 52.5 Å². The van der Waals surface area contributed by atoms with Crippen molar-refractivity contribution in [2.45, 2.75) is 0 Å². The van der Waals surface area contributed by atoms with Gasteiger partial charge in [-0.05, 0) is 0 Å². The summed E-state index contributed by atoms with van der Waals surface area (Å²) >= 11 is 0. The van der Waals surface area contributed by atoms with Crippen molar-refractivity contribution in [2.24, 2.45) is 0 Å². The minimum absolute atomic E-state index is 0.0201. The molecule has 0 aliphatic heterocycles. The van der Waals surface area contributed by atoms with E-state index in [4.69, 9.17) is 9.84 Å². The Kier molecular flexibility index (Phi) is 4.55. The first-order chi connectivity index (χ1) is 4.56. The first kappa shape index (κ1) is 9.84. The standard InChI is InChI=1S/C6H15NO3/c1-7(2,9)3-5-10-6-4-8/h8H,3-6H2,1-2H3. The summed E-state index contributed by atoms with van der Waals surface area (Å²) in [6.45, 7) is 1.18. The van der Waals surface area contributed by atoms with Crippen LogP contribution in [0.15, 0.2) is 0 Å². The number of hydrogen-bond donors (Lipinski definition) is 1. The summed E-state index contributed by atoms with van der Waals surface area (Å²) in [6.07, 6.45) is 0. The summed E-state index contributed by atoms with van der Waals surface area (Å²) in [5.41, 5.74) is 0. The van der Waals surface area contributed by atoms with Gasteiger partial charge in [-0.2, -0.15) is 0 Å². The second-order valence-electron chi connectivity index (χ2n) is 2.63. The summed E-state index contributed by atoms with van der Waals surface area (Å²) < 4.78 is 4.55. The molecule has 0 aliphatic carbocycles. The molecule has 0 aromatic rings. The summed E-state index contributed by atoms with van der Waals surface area (Å²) in [6, 6.07) is 0. The molecule has 0 radical (unpaired) electrons. The van der Waals surface area contributed by atoms with Gasteiger partial charge in [-0.25, -0.2) is 0 Å². The van der Waals surface area contributed by atoms with Crippen LogP contribution in [0.2, 0.25) is 0 Å². The fourth-order valence-electron chi connectivity index (χ4n) is 0.451. The Labute approximate surface area is 61.2 Å². The van der Waals surface area contributed by atoms with Crippen molar-refractivity contribution in [3.05, 3.63) is 5.21 Å². The summed E-state index contributed by atoms with van der Waals surface area (Å²) in [5, 5.41) is 19.1. The summed E-state index contributed by atoms with van der Waals surface area (Å²) in [5.74, 6) is 0. The Morgan fingerprint density at radius 1 is 1.40 bits per heavy atom. The van der Waals surface area contributed by atoms with E-state index in [2.05, 4.69) is 0 Å². The van der Waals surface area contributed by atoms with Crippen LogP contribution in [0.4, 0.5) is 0 Å². The third-order valence-electron chi connectivity index (χ3n) is 1.01. The van der Waals surface area contributed by atoms with Crippen molar-refractivity contribution < 1.29 is 14.5 Å². The van der Waals surface area contributed by atoms with E-state index in [-0.39, 0.29) is 11.3 Å². The minimum atomic E-state index is -0.342. The highest BCUT2D eigenvalue weighted by Crippen LogP contribution is 1.90. The van der Waals surface area contributed by atoms with E-state index < -0.39 is 0 Å². The molecular weight excluding hydrogens is 134 g/mol. The zero-order valence-corrected chi connectivity index (χ0v) is 6.54. The molecule has 4 nitrogen and oxygen atoms in total. The van der Waals surface area contributed by atoms with Crippen molar-refractivity contribution in [1.82, 2.24) is 0 Å². The van der Waals surface area contributed by atoms with Gasteiger partial charge in [0.05, 0.1) is 33.9 Å². The highest BCUT2D eigenvalue weighted by atomic mass is 16.5. The molecule has 0 unspecified atom stereocenters. The number of nitrogens with zero attached hydrogens (tertiary/aromatic N) is 1. The number of ether oxygens (including phenoxy) is 1. The summed E-state index contributed by atoms with van der Waals surface area (Å²) in [7, 11) is 3.12. The predicted octanol–water partition coefficient (Wildman–Crippen LogP) is -0.431. The van der Waals surface area contributed by atoms with E-state index >= 15 is 0 Å². The van der Waals surface area contributed by atoms with E-state index in [0.29, 0.717) is 19.8 Å². The molecule has 0 aromatic heterocycles. The molecule has 0 heterocycles. The number of rotatable bonds is 5. The summed E-state index contributed by atoms with van der Waals surface area (Å²) in [4.78, 5) is 0. The highest BCUT2D eigenvalue weighted by molar-refractivity contribution is 4.31. The number of quaternary nitrogens is 1. The molecule has 4 heteroatoms. The van der Waals surface area contributed by atoms with Crippen molar-refractivity contribution in [3.63, 3.8) is 0 Å². The molecule has 0 aliphatic rings. The van der Waals surface area contributed by atoms with Gasteiger partial charge in [0, 0.05) is 0 Å². The van der Waals surface area contributed by atoms with E-state index in [1.807, 2.05) is 0 Å². The van der Waals surface area contributed by atoms with Gasteiger partial charge in [-0.3, -0.25) is 0 Å². The first-order valence-corrected chi connectivity index (χ1v) is 3.29. The Morgan fingerprint density at radius 3 is 2.40 bits per heavy atom. The predicted molar refractivity (Wildman–Crippen MR) is 38.2 cm³/mol.